The smallest absolute Gasteiger partial charge is 0.123 e. The molecule has 1 heterocycles. The van der Waals surface area contributed by atoms with E-state index in [-0.39, 0.29) is 5.82 Å². The lowest BCUT2D eigenvalue weighted by Gasteiger charge is -2.28. The van der Waals surface area contributed by atoms with Crippen molar-refractivity contribution in [2.24, 2.45) is 0 Å². The van der Waals surface area contributed by atoms with Gasteiger partial charge in [0.25, 0.3) is 0 Å². The van der Waals surface area contributed by atoms with Gasteiger partial charge in [0.2, 0.25) is 0 Å². The minimum atomic E-state index is -0.261. The highest BCUT2D eigenvalue weighted by Crippen LogP contribution is 2.35. The molecule has 0 bridgehead atoms. The summed E-state index contributed by atoms with van der Waals surface area (Å²) in [6.45, 7) is 3.04. The van der Waals surface area contributed by atoms with E-state index in [1.165, 1.54) is 31.4 Å². The van der Waals surface area contributed by atoms with Crippen molar-refractivity contribution in [3.05, 3.63) is 47.8 Å². The number of nitrogens with two attached hydrogens (primary N) is 2. The van der Waals surface area contributed by atoms with Gasteiger partial charge in [-0.15, -0.1) is 0 Å². The first kappa shape index (κ1) is 14.9. The Morgan fingerprint density at radius 1 is 1.00 bits per heavy atom. The largest absolute Gasteiger partial charge is 0.397 e. The van der Waals surface area contributed by atoms with E-state index in [1.54, 1.807) is 6.07 Å². The zero-order valence-corrected chi connectivity index (χ0v) is 12.7. The quantitative estimate of drug-likeness (QED) is 0.851. The summed E-state index contributed by atoms with van der Waals surface area (Å²) in [5.74, 6) is -0.261. The summed E-state index contributed by atoms with van der Waals surface area (Å²) < 4.78 is 13.6. The van der Waals surface area contributed by atoms with Gasteiger partial charge in [-0.3, -0.25) is 4.90 Å². The van der Waals surface area contributed by atoms with Gasteiger partial charge in [0.1, 0.15) is 5.82 Å². The van der Waals surface area contributed by atoms with Gasteiger partial charge in [-0.05, 0) is 55.3 Å². The molecule has 0 atom stereocenters. The molecule has 0 aromatic heterocycles. The van der Waals surface area contributed by atoms with Crippen LogP contribution in [0.5, 0.6) is 0 Å². The molecular formula is C18H22FN3. The van der Waals surface area contributed by atoms with Gasteiger partial charge >= 0.3 is 0 Å². The Bertz CT molecular complexity index is 663. The number of benzene rings is 2. The van der Waals surface area contributed by atoms with E-state index < -0.39 is 0 Å². The summed E-state index contributed by atoms with van der Waals surface area (Å²) in [7, 11) is 0. The Kier molecular flexibility index (Phi) is 4.29. The minimum Gasteiger partial charge on any atom is -0.397 e. The summed E-state index contributed by atoms with van der Waals surface area (Å²) in [4.78, 5) is 2.43. The maximum atomic E-state index is 13.6. The Hall–Kier alpha value is -2.07. The van der Waals surface area contributed by atoms with E-state index in [4.69, 9.17) is 11.5 Å². The fraction of sp³-hybridized carbons (Fsp3) is 0.333. The maximum absolute atomic E-state index is 13.6. The Morgan fingerprint density at radius 3 is 2.50 bits per heavy atom. The standard InChI is InChI=1S/C18H22FN3/c19-15-6-4-5-13(11-15)17-14(7-8-16(20)18(17)21)12-22-9-2-1-3-10-22/h4-8,11H,1-3,9-10,12,20-21H2. The van der Waals surface area contributed by atoms with Crippen LogP contribution in [0.25, 0.3) is 11.1 Å². The highest BCUT2D eigenvalue weighted by Gasteiger charge is 2.16. The second kappa shape index (κ2) is 6.36. The number of piperidine rings is 1. The van der Waals surface area contributed by atoms with Crippen molar-refractivity contribution in [1.29, 1.82) is 0 Å². The topological polar surface area (TPSA) is 55.3 Å². The first-order chi connectivity index (χ1) is 10.6. The van der Waals surface area contributed by atoms with E-state index in [0.29, 0.717) is 11.4 Å². The molecule has 0 amide bonds. The fourth-order valence-corrected chi connectivity index (χ4v) is 3.16. The fourth-order valence-electron chi connectivity index (χ4n) is 3.16. The molecule has 1 aliphatic heterocycles. The molecule has 2 aromatic rings. The van der Waals surface area contributed by atoms with Crippen molar-refractivity contribution >= 4 is 11.4 Å². The number of rotatable bonds is 3. The average molecular weight is 299 g/mol. The lowest BCUT2D eigenvalue weighted by molar-refractivity contribution is 0.221. The van der Waals surface area contributed by atoms with Crippen molar-refractivity contribution in [1.82, 2.24) is 4.90 Å². The zero-order chi connectivity index (χ0) is 15.5. The maximum Gasteiger partial charge on any atom is 0.123 e. The second-order valence-corrected chi connectivity index (χ2v) is 5.95. The van der Waals surface area contributed by atoms with Crippen molar-refractivity contribution < 1.29 is 4.39 Å². The van der Waals surface area contributed by atoms with Crippen LogP contribution in [0.1, 0.15) is 24.8 Å². The molecule has 116 valence electrons. The Balaban J connectivity index is 2.00. The predicted molar refractivity (Wildman–Crippen MR) is 89.8 cm³/mol. The highest BCUT2D eigenvalue weighted by atomic mass is 19.1. The minimum absolute atomic E-state index is 0.261. The molecule has 0 aliphatic carbocycles. The van der Waals surface area contributed by atoms with Crippen LogP contribution in [-0.2, 0) is 6.54 Å². The molecule has 0 unspecified atom stereocenters. The second-order valence-electron chi connectivity index (χ2n) is 5.95. The number of anilines is 2. The van der Waals surface area contributed by atoms with Crippen molar-refractivity contribution in [3.63, 3.8) is 0 Å². The number of hydrogen-bond acceptors (Lipinski definition) is 3. The van der Waals surface area contributed by atoms with Crippen LogP contribution in [-0.4, -0.2) is 18.0 Å². The van der Waals surface area contributed by atoms with Gasteiger partial charge < -0.3 is 11.5 Å². The number of likely N-dealkylation sites (tertiary alicyclic amines) is 1. The first-order valence-electron chi connectivity index (χ1n) is 7.80. The van der Waals surface area contributed by atoms with Gasteiger partial charge in [0.05, 0.1) is 11.4 Å². The summed E-state index contributed by atoms with van der Waals surface area (Å²) in [5.41, 5.74) is 16.0. The molecule has 0 saturated carbocycles. The monoisotopic (exact) mass is 299 g/mol. The molecule has 0 radical (unpaired) electrons. The SMILES string of the molecule is Nc1ccc(CN2CCCCC2)c(-c2cccc(F)c2)c1N. The zero-order valence-electron chi connectivity index (χ0n) is 12.7. The number of nitrogens with zero attached hydrogens (tertiary/aromatic N) is 1. The van der Waals surface area contributed by atoms with Crippen LogP contribution in [0.3, 0.4) is 0 Å². The molecule has 1 aliphatic rings. The third-order valence-corrected chi connectivity index (χ3v) is 4.32. The van der Waals surface area contributed by atoms with E-state index in [0.717, 1.165) is 36.3 Å². The average Bonchev–Trinajstić information content (AvgIpc) is 2.52. The summed E-state index contributed by atoms with van der Waals surface area (Å²) in [6, 6.07) is 10.4. The molecule has 1 fully saturated rings. The third kappa shape index (κ3) is 3.07. The first-order valence-corrected chi connectivity index (χ1v) is 7.80. The van der Waals surface area contributed by atoms with Gasteiger partial charge in [0, 0.05) is 12.1 Å². The highest BCUT2D eigenvalue weighted by molar-refractivity contribution is 5.86. The lowest BCUT2D eigenvalue weighted by Crippen LogP contribution is -2.29. The van der Waals surface area contributed by atoms with Crippen LogP contribution in [0.15, 0.2) is 36.4 Å². The molecule has 22 heavy (non-hydrogen) atoms. The molecule has 4 N–H and O–H groups in total. The number of halogens is 1. The third-order valence-electron chi connectivity index (χ3n) is 4.32. The predicted octanol–water partition coefficient (Wildman–Crippen LogP) is 3.64. The van der Waals surface area contributed by atoms with E-state index in [9.17, 15) is 4.39 Å². The van der Waals surface area contributed by atoms with Crippen molar-refractivity contribution in [2.75, 3.05) is 24.6 Å². The van der Waals surface area contributed by atoms with Crippen molar-refractivity contribution in [2.45, 2.75) is 25.8 Å². The molecule has 4 heteroatoms. The van der Waals surface area contributed by atoms with Crippen molar-refractivity contribution in [3.8, 4) is 11.1 Å². The summed E-state index contributed by atoms with van der Waals surface area (Å²) in [6.07, 6.45) is 3.77. The van der Waals surface area contributed by atoms with E-state index in [2.05, 4.69) is 4.90 Å². The molecule has 1 saturated heterocycles. The van der Waals surface area contributed by atoms with Gasteiger partial charge in [-0.2, -0.15) is 0 Å². The van der Waals surface area contributed by atoms with Crippen LogP contribution in [0.2, 0.25) is 0 Å². The van der Waals surface area contributed by atoms with Crippen LogP contribution >= 0.6 is 0 Å². The van der Waals surface area contributed by atoms with Gasteiger partial charge in [0.15, 0.2) is 0 Å². The van der Waals surface area contributed by atoms with E-state index >= 15 is 0 Å². The molecular weight excluding hydrogens is 277 g/mol. The Labute approximate surface area is 130 Å². The number of nitrogen functional groups attached to an aromatic ring is 2. The summed E-state index contributed by atoms with van der Waals surface area (Å²) in [5, 5.41) is 0. The summed E-state index contributed by atoms with van der Waals surface area (Å²) >= 11 is 0. The van der Waals surface area contributed by atoms with Gasteiger partial charge in [-0.25, -0.2) is 4.39 Å². The van der Waals surface area contributed by atoms with E-state index in [1.807, 2.05) is 18.2 Å². The molecule has 0 spiro atoms. The lowest BCUT2D eigenvalue weighted by atomic mass is 9.95. The molecule has 2 aromatic carbocycles. The number of hydrogen-bond donors (Lipinski definition) is 2. The molecule has 3 nitrogen and oxygen atoms in total. The normalized spacial score (nSPS) is 15.9. The molecule has 3 rings (SSSR count). The van der Waals surface area contributed by atoms with Crippen LogP contribution < -0.4 is 11.5 Å². The van der Waals surface area contributed by atoms with Crippen LogP contribution in [0.4, 0.5) is 15.8 Å². The van der Waals surface area contributed by atoms with Gasteiger partial charge in [-0.1, -0.05) is 24.6 Å². The van der Waals surface area contributed by atoms with Crippen LogP contribution in [0, 0.1) is 5.82 Å². The Morgan fingerprint density at radius 2 is 1.77 bits per heavy atom.